The summed E-state index contributed by atoms with van der Waals surface area (Å²) in [6.07, 6.45) is 0.0457. The lowest BCUT2D eigenvalue weighted by molar-refractivity contribution is -0.121. The molecule has 15 heavy (non-hydrogen) atoms. The van der Waals surface area contributed by atoms with Gasteiger partial charge in [0.15, 0.2) is 5.78 Å². The molecule has 4 heteroatoms. The predicted molar refractivity (Wildman–Crippen MR) is 65.9 cm³/mol. The molecule has 78 valence electrons. The first kappa shape index (κ1) is 10.6. The molecule has 1 aliphatic heterocycles. The number of aryl methyl sites for hydroxylation is 1. The van der Waals surface area contributed by atoms with E-state index in [4.69, 9.17) is 0 Å². The fourth-order valence-corrected chi connectivity index (χ4v) is 2.26. The predicted octanol–water partition coefficient (Wildman–Crippen LogP) is 1.91. The molecule has 0 bridgehead atoms. The zero-order chi connectivity index (χ0) is 11.0. The molecule has 0 aromatic heterocycles. The minimum absolute atomic E-state index is 0.00249. The van der Waals surface area contributed by atoms with E-state index in [1.54, 1.807) is 4.90 Å². The second kappa shape index (κ2) is 3.92. The first-order chi connectivity index (χ1) is 7.08. The van der Waals surface area contributed by atoms with Gasteiger partial charge in [-0.3, -0.25) is 9.59 Å². The molecule has 0 atom stereocenters. The number of carbonyl (C=O) groups is 2. The summed E-state index contributed by atoms with van der Waals surface area (Å²) in [5, 5.41) is 0. The molecular formula is C11H10INO2. The Balaban J connectivity index is 2.41. The fourth-order valence-electron chi connectivity index (χ4n) is 1.63. The summed E-state index contributed by atoms with van der Waals surface area (Å²) in [4.78, 5) is 24.3. The third-order valence-electron chi connectivity index (χ3n) is 2.38. The molecule has 0 aliphatic carbocycles. The maximum atomic E-state index is 11.6. The van der Waals surface area contributed by atoms with Crippen molar-refractivity contribution < 1.29 is 9.59 Å². The Labute approximate surface area is 102 Å². The van der Waals surface area contributed by atoms with Crippen molar-refractivity contribution in [2.75, 3.05) is 11.4 Å². The fraction of sp³-hybridized carbons (Fsp3) is 0.273. The van der Waals surface area contributed by atoms with Gasteiger partial charge in [0.2, 0.25) is 5.91 Å². The standard InChI is InChI=1S/C11H10INO2/c1-7-2-3-9(12)10(4-7)13-6-8(14)5-11(13)15/h2-4H,5-6H2,1H3. The molecule has 3 nitrogen and oxygen atoms in total. The van der Waals surface area contributed by atoms with Gasteiger partial charge in [0, 0.05) is 3.57 Å². The van der Waals surface area contributed by atoms with Crippen LogP contribution in [0.15, 0.2) is 18.2 Å². The molecule has 0 N–H and O–H groups in total. The highest BCUT2D eigenvalue weighted by Gasteiger charge is 2.29. The second-order valence-corrected chi connectivity index (χ2v) is 4.81. The molecule has 0 radical (unpaired) electrons. The van der Waals surface area contributed by atoms with Gasteiger partial charge in [0.05, 0.1) is 18.7 Å². The lowest BCUT2D eigenvalue weighted by Crippen LogP contribution is -2.25. The molecule has 1 fully saturated rings. The van der Waals surface area contributed by atoms with Crippen LogP contribution in [0.4, 0.5) is 5.69 Å². The SMILES string of the molecule is Cc1ccc(I)c(N2CC(=O)CC2=O)c1. The highest BCUT2D eigenvalue weighted by Crippen LogP contribution is 2.26. The van der Waals surface area contributed by atoms with Crippen LogP contribution in [0, 0.1) is 10.5 Å². The number of halogens is 1. The van der Waals surface area contributed by atoms with Crippen LogP contribution in [0.25, 0.3) is 0 Å². The van der Waals surface area contributed by atoms with Crippen molar-refractivity contribution in [1.29, 1.82) is 0 Å². The van der Waals surface area contributed by atoms with E-state index in [0.717, 1.165) is 14.8 Å². The molecule has 1 saturated heterocycles. The van der Waals surface area contributed by atoms with Gasteiger partial charge in [-0.25, -0.2) is 0 Å². The van der Waals surface area contributed by atoms with Crippen LogP contribution in [0.3, 0.4) is 0 Å². The summed E-state index contributed by atoms with van der Waals surface area (Å²) in [5.41, 5.74) is 1.95. The molecule has 1 aromatic carbocycles. The van der Waals surface area contributed by atoms with Crippen LogP contribution in [0.2, 0.25) is 0 Å². The van der Waals surface area contributed by atoms with Crippen LogP contribution in [0.1, 0.15) is 12.0 Å². The minimum Gasteiger partial charge on any atom is -0.304 e. The Morgan fingerprint density at radius 3 is 2.67 bits per heavy atom. The van der Waals surface area contributed by atoms with E-state index in [1.807, 2.05) is 25.1 Å². The Morgan fingerprint density at radius 1 is 1.33 bits per heavy atom. The zero-order valence-corrected chi connectivity index (χ0v) is 10.4. The second-order valence-electron chi connectivity index (χ2n) is 3.65. The number of hydrogen-bond donors (Lipinski definition) is 0. The van der Waals surface area contributed by atoms with Gasteiger partial charge in [-0.1, -0.05) is 6.07 Å². The van der Waals surface area contributed by atoms with E-state index in [-0.39, 0.29) is 24.7 Å². The number of ketones is 1. The topological polar surface area (TPSA) is 37.4 Å². The van der Waals surface area contributed by atoms with Crippen LogP contribution in [-0.2, 0) is 9.59 Å². The van der Waals surface area contributed by atoms with Crippen molar-refractivity contribution in [2.45, 2.75) is 13.3 Å². The number of benzene rings is 1. The Morgan fingerprint density at radius 2 is 2.07 bits per heavy atom. The first-order valence-corrected chi connectivity index (χ1v) is 5.74. The number of carbonyl (C=O) groups excluding carboxylic acids is 2. The average molecular weight is 315 g/mol. The van der Waals surface area contributed by atoms with Crippen molar-refractivity contribution in [3.05, 3.63) is 27.3 Å². The Bertz CT molecular complexity index is 442. The number of amides is 1. The molecule has 1 heterocycles. The van der Waals surface area contributed by atoms with Crippen molar-refractivity contribution in [2.24, 2.45) is 0 Å². The molecule has 0 spiro atoms. The van der Waals surface area contributed by atoms with E-state index < -0.39 is 0 Å². The normalized spacial score (nSPS) is 16.3. The summed E-state index contributed by atoms with van der Waals surface area (Å²) in [6.45, 7) is 2.19. The van der Waals surface area contributed by atoms with E-state index in [9.17, 15) is 9.59 Å². The van der Waals surface area contributed by atoms with Crippen LogP contribution in [-0.4, -0.2) is 18.2 Å². The third kappa shape index (κ3) is 2.04. The molecule has 0 saturated carbocycles. The number of nitrogens with zero attached hydrogens (tertiary/aromatic N) is 1. The summed E-state index contributed by atoms with van der Waals surface area (Å²) in [6, 6.07) is 5.90. The van der Waals surface area contributed by atoms with Crippen molar-refractivity contribution in [1.82, 2.24) is 0 Å². The van der Waals surface area contributed by atoms with Crippen LogP contribution < -0.4 is 4.90 Å². The Kier molecular flexibility index (Phi) is 2.77. The largest absolute Gasteiger partial charge is 0.304 e. The maximum Gasteiger partial charge on any atom is 0.234 e. The number of Topliss-reactive ketones (excluding diaryl/α,β-unsaturated/α-hetero) is 1. The van der Waals surface area contributed by atoms with E-state index in [1.165, 1.54) is 0 Å². The average Bonchev–Trinajstić information content (AvgIpc) is 2.50. The highest BCUT2D eigenvalue weighted by molar-refractivity contribution is 14.1. The lowest BCUT2D eigenvalue weighted by Gasteiger charge is -2.17. The molecule has 1 amide bonds. The monoisotopic (exact) mass is 315 g/mol. The quantitative estimate of drug-likeness (QED) is 0.586. The van der Waals surface area contributed by atoms with Gasteiger partial charge in [-0.15, -0.1) is 0 Å². The minimum atomic E-state index is -0.0940. The molecule has 0 unspecified atom stereocenters. The molecular weight excluding hydrogens is 305 g/mol. The van der Waals surface area contributed by atoms with Crippen molar-refractivity contribution in [3.63, 3.8) is 0 Å². The molecule has 1 aliphatic rings. The van der Waals surface area contributed by atoms with Crippen molar-refractivity contribution in [3.8, 4) is 0 Å². The van der Waals surface area contributed by atoms with Crippen molar-refractivity contribution >= 4 is 40.0 Å². The van der Waals surface area contributed by atoms with Gasteiger partial charge in [-0.2, -0.15) is 0 Å². The summed E-state index contributed by atoms with van der Waals surface area (Å²) < 4.78 is 1.00. The van der Waals surface area contributed by atoms with E-state index >= 15 is 0 Å². The lowest BCUT2D eigenvalue weighted by atomic mass is 10.2. The van der Waals surface area contributed by atoms with Gasteiger partial charge >= 0.3 is 0 Å². The number of rotatable bonds is 1. The molecule has 1 aromatic rings. The highest BCUT2D eigenvalue weighted by atomic mass is 127. The Hall–Kier alpha value is -0.910. The maximum absolute atomic E-state index is 11.6. The molecule has 2 rings (SSSR count). The van der Waals surface area contributed by atoms with Gasteiger partial charge in [0.1, 0.15) is 0 Å². The number of anilines is 1. The van der Waals surface area contributed by atoms with E-state index in [2.05, 4.69) is 22.6 Å². The zero-order valence-electron chi connectivity index (χ0n) is 8.29. The van der Waals surface area contributed by atoms with E-state index in [0.29, 0.717) is 0 Å². The van der Waals surface area contributed by atoms with Gasteiger partial charge in [-0.05, 0) is 47.2 Å². The summed E-state index contributed by atoms with van der Waals surface area (Å²) in [7, 11) is 0. The number of hydrogen-bond acceptors (Lipinski definition) is 2. The van der Waals surface area contributed by atoms with Gasteiger partial charge < -0.3 is 4.90 Å². The van der Waals surface area contributed by atoms with Crippen LogP contribution >= 0.6 is 22.6 Å². The smallest absolute Gasteiger partial charge is 0.234 e. The van der Waals surface area contributed by atoms with Gasteiger partial charge in [0.25, 0.3) is 0 Å². The third-order valence-corrected chi connectivity index (χ3v) is 3.29. The summed E-state index contributed by atoms with van der Waals surface area (Å²) >= 11 is 2.18. The summed E-state index contributed by atoms with van der Waals surface area (Å²) in [5.74, 6) is -0.0965. The first-order valence-electron chi connectivity index (χ1n) is 4.66. The van der Waals surface area contributed by atoms with Crippen LogP contribution in [0.5, 0.6) is 0 Å².